The normalized spacial score (nSPS) is 19.1. The molecule has 2 heterocycles. The quantitative estimate of drug-likeness (QED) is 0.921. The molecule has 5 nitrogen and oxygen atoms in total. The van der Waals surface area contributed by atoms with Crippen LogP contribution in [0.4, 0.5) is 0 Å². The number of imidazole rings is 1. The number of nitrogens with one attached hydrogen (secondary N) is 1. The Balaban J connectivity index is 1.67. The molecule has 0 bridgehead atoms. The molecule has 1 aliphatic heterocycles. The molecule has 0 saturated carbocycles. The molecule has 3 rings (SSSR count). The first-order valence-corrected chi connectivity index (χ1v) is 8.59. The third-order valence-electron chi connectivity index (χ3n) is 4.67. The summed E-state index contributed by atoms with van der Waals surface area (Å²) in [5.74, 6) is 1.40. The van der Waals surface area contributed by atoms with Crippen molar-refractivity contribution in [3.05, 3.63) is 30.1 Å². The molecule has 0 radical (unpaired) electrons. The maximum Gasteiger partial charge on any atom is 0.224 e. The highest BCUT2D eigenvalue weighted by Gasteiger charge is 2.26. The largest absolute Gasteiger partial charge is 0.356 e. The van der Waals surface area contributed by atoms with E-state index in [2.05, 4.69) is 40.9 Å². The Morgan fingerprint density at radius 2 is 2.22 bits per heavy atom. The van der Waals surface area contributed by atoms with Crippen LogP contribution in [0.15, 0.2) is 24.3 Å². The zero-order valence-electron chi connectivity index (χ0n) is 14.1. The second kappa shape index (κ2) is 7.13. The summed E-state index contributed by atoms with van der Waals surface area (Å²) in [6.07, 6.45) is 3.06. The molecular weight excluding hydrogens is 288 g/mol. The van der Waals surface area contributed by atoms with Gasteiger partial charge in [0.15, 0.2) is 0 Å². The summed E-state index contributed by atoms with van der Waals surface area (Å²) in [5, 5.41) is 3.03. The van der Waals surface area contributed by atoms with Crippen molar-refractivity contribution in [3.63, 3.8) is 0 Å². The minimum Gasteiger partial charge on any atom is -0.356 e. The van der Waals surface area contributed by atoms with Gasteiger partial charge in [-0.1, -0.05) is 19.1 Å². The van der Waals surface area contributed by atoms with Crippen molar-refractivity contribution in [2.45, 2.75) is 32.7 Å². The molecule has 1 aromatic carbocycles. The van der Waals surface area contributed by atoms with E-state index in [0.29, 0.717) is 0 Å². The topological polar surface area (TPSA) is 50.2 Å². The van der Waals surface area contributed by atoms with Gasteiger partial charge in [-0.2, -0.15) is 0 Å². The van der Waals surface area contributed by atoms with Gasteiger partial charge in [0, 0.05) is 20.1 Å². The molecule has 2 aromatic rings. The highest BCUT2D eigenvalue weighted by molar-refractivity contribution is 5.79. The van der Waals surface area contributed by atoms with E-state index in [0.717, 1.165) is 62.3 Å². The minimum absolute atomic E-state index is 0.116. The molecule has 1 fully saturated rings. The number of hydrogen-bond acceptors (Lipinski definition) is 3. The molecule has 1 aliphatic rings. The van der Waals surface area contributed by atoms with Crippen molar-refractivity contribution >= 4 is 16.9 Å². The number of carbonyl (C=O) groups is 1. The number of carbonyl (C=O) groups excluding carboxylic acids is 1. The Morgan fingerprint density at radius 1 is 1.39 bits per heavy atom. The molecule has 1 N–H and O–H groups in total. The summed E-state index contributed by atoms with van der Waals surface area (Å²) in [5.41, 5.74) is 2.20. The molecule has 1 amide bonds. The Labute approximate surface area is 137 Å². The number of para-hydroxylation sites is 2. The van der Waals surface area contributed by atoms with Crippen molar-refractivity contribution in [2.75, 3.05) is 19.6 Å². The zero-order chi connectivity index (χ0) is 16.2. The predicted molar refractivity (Wildman–Crippen MR) is 92.0 cm³/mol. The molecule has 5 heteroatoms. The van der Waals surface area contributed by atoms with Gasteiger partial charge in [-0.15, -0.1) is 0 Å². The number of fused-ring (bicyclic) bond motifs is 1. The third kappa shape index (κ3) is 3.55. The third-order valence-corrected chi connectivity index (χ3v) is 4.67. The summed E-state index contributed by atoms with van der Waals surface area (Å²) >= 11 is 0. The first kappa shape index (κ1) is 16.0. The van der Waals surface area contributed by atoms with Gasteiger partial charge in [0.05, 0.1) is 23.5 Å². The lowest BCUT2D eigenvalue weighted by Gasteiger charge is -2.31. The Hall–Kier alpha value is -1.88. The molecule has 1 aromatic heterocycles. The lowest BCUT2D eigenvalue weighted by Crippen LogP contribution is -2.43. The standard InChI is InChI=1S/C18H26N4O/c1-3-10-19-18(23)14-7-6-11-22(12-14)13-17-20-15-8-4-5-9-16(15)21(17)2/h4-5,8-9,14H,3,6-7,10-13H2,1-2H3,(H,19,23)/t14-/m1/s1. The maximum atomic E-state index is 12.2. The van der Waals surface area contributed by atoms with Crippen LogP contribution in [0.3, 0.4) is 0 Å². The number of nitrogens with zero attached hydrogens (tertiary/aromatic N) is 3. The number of likely N-dealkylation sites (tertiary alicyclic amines) is 1. The van der Waals surface area contributed by atoms with Gasteiger partial charge < -0.3 is 9.88 Å². The SMILES string of the molecule is CCCNC(=O)[C@@H]1CCCN(Cc2nc3ccccc3n2C)C1. The van der Waals surface area contributed by atoms with E-state index >= 15 is 0 Å². The van der Waals surface area contributed by atoms with Crippen LogP contribution in [0.5, 0.6) is 0 Å². The number of benzene rings is 1. The van der Waals surface area contributed by atoms with Gasteiger partial charge in [-0.3, -0.25) is 9.69 Å². The van der Waals surface area contributed by atoms with Gasteiger partial charge >= 0.3 is 0 Å². The number of aromatic nitrogens is 2. The highest BCUT2D eigenvalue weighted by atomic mass is 16.1. The highest BCUT2D eigenvalue weighted by Crippen LogP contribution is 2.20. The first-order valence-electron chi connectivity index (χ1n) is 8.59. The lowest BCUT2D eigenvalue weighted by atomic mass is 9.97. The fourth-order valence-electron chi connectivity index (χ4n) is 3.34. The van der Waals surface area contributed by atoms with Crippen LogP contribution in [-0.2, 0) is 18.4 Å². The second-order valence-electron chi connectivity index (χ2n) is 6.44. The monoisotopic (exact) mass is 314 g/mol. The van der Waals surface area contributed by atoms with Crippen LogP contribution in [-0.4, -0.2) is 40.0 Å². The molecule has 0 spiro atoms. The van der Waals surface area contributed by atoms with Crippen molar-refractivity contribution in [2.24, 2.45) is 13.0 Å². The molecular formula is C18H26N4O. The van der Waals surface area contributed by atoms with Crippen LogP contribution in [0, 0.1) is 5.92 Å². The van der Waals surface area contributed by atoms with Crippen LogP contribution in [0.25, 0.3) is 11.0 Å². The average Bonchev–Trinajstić information content (AvgIpc) is 2.89. The van der Waals surface area contributed by atoms with Gasteiger partial charge in [0.2, 0.25) is 5.91 Å². The van der Waals surface area contributed by atoms with E-state index in [1.165, 1.54) is 0 Å². The van der Waals surface area contributed by atoms with Gasteiger partial charge in [-0.25, -0.2) is 4.98 Å². The van der Waals surface area contributed by atoms with Crippen molar-refractivity contribution in [1.29, 1.82) is 0 Å². The summed E-state index contributed by atoms with van der Waals surface area (Å²) < 4.78 is 2.16. The summed E-state index contributed by atoms with van der Waals surface area (Å²) in [6.45, 7) is 5.54. The molecule has 1 atom stereocenters. The van der Waals surface area contributed by atoms with Crippen LogP contribution >= 0.6 is 0 Å². The summed E-state index contributed by atoms with van der Waals surface area (Å²) in [7, 11) is 2.07. The first-order chi connectivity index (χ1) is 11.2. The van der Waals surface area contributed by atoms with E-state index in [1.807, 2.05) is 12.1 Å². The zero-order valence-corrected chi connectivity index (χ0v) is 14.1. The molecule has 23 heavy (non-hydrogen) atoms. The average molecular weight is 314 g/mol. The predicted octanol–water partition coefficient (Wildman–Crippen LogP) is 2.31. The Morgan fingerprint density at radius 3 is 3.00 bits per heavy atom. The van der Waals surface area contributed by atoms with Gasteiger partial charge in [-0.05, 0) is 37.9 Å². The molecule has 0 unspecified atom stereocenters. The van der Waals surface area contributed by atoms with E-state index in [-0.39, 0.29) is 11.8 Å². The molecule has 0 aliphatic carbocycles. The number of aryl methyl sites for hydroxylation is 1. The minimum atomic E-state index is 0.116. The summed E-state index contributed by atoms with van der Waals surface area (Å²) in [6, 6.07) is 8.22. The molecule has 1 saturated heterocycles. The smallest absolute Gasteiger partial charge is 0.224 e. The van der Waals surface area contributed by atoms with Crippen molar-refractivity contribution in [1.82, 2.24) is 19.8 Å². The van der Waals surface area contributed by atoms with Gasteiger partial charge in [0.1, 0.15) is 5.82 Å². The van der Waals surface area contributed by atoms with E-state index in [9.17, 15) is 4.79 Å². The van der Waals surface area contributed by atoms with Crippen molar-refractivity contribution < 1.29 is 4.79 Å². The number of piperidine rings is 1. The maximum absolute atomic E-state index is 12.2. The molecule has 124 valence electrons. The van der Waals surface area contributed by atoms with Crippen LogP contribution in [0.2, 0.25) is 0 Å². The van der Waals surface area contributed by atoms with Crippen LogP contribution in [0.1, 0.15) is 32.0 Å². The fraction of sp³-hybridized carbons (Fsp3) is 0.556. The van der Waals surface area contributed by atoms with E-state index < -0.39 is 0 Å². The van der Waals surface area contributed by atoms with E-state index in [4.69, 9.17) is 4.98 Å². The Bertz CT molecular complexity index is 679. The van der Waals surface area contributed by atoms with E-state index in [1.54, 1.807) is 0 Å². The number of hydrogen-bond donors (Lipinski definition) is 1. The number of amides is 1. The van der Waals surface area contributed by atoms with Crippen LogP contribution < -0.4 is 5.32 Å². The van der Waals surface area contributed by atoms with Crippen molar-refractivity contribution in [3.8, 4) is 0 Å². The number of rotatable bonds is 5. The Kier molecular flexibility index (Phi) is 4.96. The summed E-state index contributed by atoms with van der Waals surface area (Å²) in [4.78, 5) is 19.3. The second-order valence-corrected chi connectivity index (χ2v) is 6.44. The lowest BCUT2D eigenvalue weighted by molar-refractivity contribution is -0.126. The fourth-order valence-corrected chi connectivity index (χ4v) is 3.34. The van der Waals surface area contributed by atoms with Gasteiger partial charge in [0.25, 0.3) is 0 Å².